The predicted molar refractivity (Wildman–Crippen MR) is 119 cm³/mol. The number of Topliss-reactive ketones (excluding diaryl/α,β-unsaturated/α-hetero) is 1. The van der Waals surface area contributed by atoms with Crippen molar-refractivity contribution < 1.29 is 19.1 Å². The summed E-state index contributed by atoms with van der Waals surface area (Å²) in [6.45, 7) is 7.43. The highest BCUT2D eigenvalue weighted by Crippen LogP contribution is 2.26. The fourth-order valence-corrected chi connectivity index (χ4v) is 4.48. The average molecular weight is 421 g/mol. The first kappa shape index (κ1) is 21.1. The zero-order valence-corrected chi connectivity index (χ0v) is 18.3. The molecule has 0 N–H and O–H groups in total. The van der Waals surface area contributed by atoms with Crippen LogP contribution in [0.25, 0.3) is 0 Å². The maximum atomic E-state index is 12.9. The number of likely N-dealkylation sites (tertiary alicyclic amines) is 1. The average Bonchev–Trinajstić information content (AvgIpc) is 3.11. The number of carbonyl (C=O) groups excluding carboxylic acids is 3. The molecule has 2 amide bonds. The monoisotopic (exact) mass is 420 g/mol. The van der Waals surface area contributed by atoms with E-state index in [1.165, 1.54) is 0 Å². The second-order valence-corrected chi connectivity index (χ2v) is 8.59. The molecule has 2 aliphatic rings. The number of carbonyl (C=O) groups is 3. The van der Waals surface area contributed by atoms with Crippen LogP contribution >= 0.6 is 0 Å². The number of anilines is 1. The first-order valence-corrected chi connectivity index (χ1v) is 10.8. The van der Waals surface area contributed by atoms with Crippen LogP contribution in [0.3, 0.4) is 0 Å². The Kier molecular flexibility index (Phi) is 5.81. The van der Waals surface area contributed by atoms with Crippen molar-refractivity contribution in [3.05, 3.63) is 64.7 Å². The number of hydrogen-bond donors (Lipinski definition) is 0. The van der Waals surface area contributed by atoms with E-state index in [1.54, 1.807) is 29.2 Å². The van der Waals surface area contributed by atoms with Crippen molar-refractivity contribution in [2.45, 2.75) is 39.7 Å². The maximum Gasteiger partial charge on any atom is 0.414 e. The number of hydrogen-bond acceptors (Lipinski definition) is 4. The Labute approximate surface area is 182 Å². The van der Waals surface area contributed by atoms with E-state index in [2.05, 4.69) is 0 Å². The number of piperidine rings is 1. The highest BCUT2D eigenvalue weighted by atomic mass is 16.6. The highest BCUT2D eigenvalue weighted by molar-refractivity contribution is 6.00. The van der Waals surface area contributed by atoms with Crippen LogP contribution in [0, 0.1) is 19.8 Å². The number of ether oxygens (including phenoxy) is 1. The standard InChI is InChI=1S/C25H28N2O4/c1-16-4-9-22(17(2)14-16)23(28)19-10-12-26(13-11-19)24(29)20-5-7-21(8-6-20)27-18(3)15-31-25(27)30/h4-9,14,18-19H,10-13,15H2,1-3H3/t18-/m1/s1. The van der Waals surface area contributed by atoms with Gasteiger partial charge in [-0.25, -0.2) is 4.79 Å². The lowest BCUT2D eigenvalue weighted by molar-refractivity contribution is 0.0650. The summed E-state index contributed by atoms with van der Waals surface area (Å²) in [4.78, 5) is 41.2. The highest BCUT2D eigenvalue weighted by Gasteiger charge is 2.32. The Morgan fingerprint density at radius 1 is 1.00 bits per heavy atom. The Bertz CT molecular complexity index is 1010. The summed E-state index contributed by atoms with van der Waals surface area (Å²) in [5, 5.41) is 0. The maximum absolute atomic E-state index is 12.9. The van der Waals surface area contributed by atoms with E-state index in [9.17, 15) is 14.4 Å². The molecule has 162 valence electrons. The molecule has 2 saturated heterocycles. The van der Waals surface area contributed by atoms with Crippen LogP contribution in [-0.4, -0.2) is 48.4 Å². The molecule has 6 nitrogen and oxygen atoms in total. The molecule has 0 spiro atoms. The van der Waals surface area contributed by atoms with Crippen LogP contribution in [0.1, 0.15) is 51.6 Å². The molecule has 2 aromatic carbocycles. The van der Waals surface area contributed by atoms with Crippen molar-refractivity contribution in [2.75, 3.05) is 24.6 Å². The van der Waals surface area contributed by atoms with E-state index in [0.29, 0.717) is 38.1 Å². The molecule has 2 aliphatic heterocycles. The van der Waals surface area contributed by atoms with Gasteiger partial charge in [-0.2, -0.15) is 0 Å². The van der Waals surface area contributed by atoms with E-state index < -0.39 is 0 Å². The third kappa shape index (κ3) is 4.20. The minimum atomic E-state index is -0.359. The number of aryl methyl sites for hydroxylation is 2. The normalized spacial score (nSPS) is 19.5. The van der Waals surface area contributed by atoms with E-state index >= 15 is 0 Å². The zero-order chi connectivity index (χ0) is 22.1. The van der Waals surface area contributed by atoms with Crippen LogP contribution in [0.2, 0.25) is 0 Å². The molecule has 31 heavy (non-hydrogen) atoms. The van der Waals surface area contributed by atoms with E-state index in [1.807, 2.05) is 43.9 Å². The van der Waals surface area contributed by atoms with Gasteiger partial charge in [0.25, 0.3) is 5.91 Å². The van der Waals surface area contributed by atoms with Crippen LogP contribution in [0.15, 0.2) is 42.5 Å². The van der Waals surface area contributed by atoms with Crippen molar-refractivity contribution in [3.63, 3.8) is 0 Å². The summed E-state index contributed by atoms with van der Waals surface area (Å²) in [5.41, 5.74) is 4.27. The lowest BCUT2D eigenvalue weighted by Crippen LogP contribution is -2.40. The lowest BCUT2D eigenvalue weighted by Gasteiger charge is -2.31. The van der Waals surface area contributed by atoms with Crippen LogP contribution in [0.5, 0.6) is 0 Å². The van der Waals surface area contributed by atoms with Gasteiger partial charge < -0.3 is 9.64 Å². The summed E-state index contributed by atoms with van der Waals surface area (Å²) in [7, 11) is 0. The molecule has 6 heteroatoms. The Morgan fingerprint density at radius 3 is 2.26 bits per heavy atom. The van der Waals surface area contributed by atoms with E-state index in [4.69, 9.17) is 4.74 Å². The Hall–Kier alpha value is -3.15. The third-order valence-corrected chi connectivity index (χ3v) is 6.28. The summed E-state index contributed by atoms with van der Waals surface area (Å²) in [6.07, 6.45) is 0.988. The molecule has 0 saturated carbocycles. The second kappa shape index (κ2) is 8.53. The van der Waals surface area contributed by atoms with Gasteiger partial charge in [0.05, 0.1) is 6.04 Å². The summed E-state index contributed by atoms with van der Waals surface area (Å²) < 4.78 is 5.06. The zero-order valence-electron chi connectivity index (χ0n) is 18.3. The van der Waals surface area contributed by atoms with Gasteiger partial charge in [0.2, 0.25) is 0 Å². The first-order valence-electron chi connectivity index (χ1n) is 10.8. The van der Waals surface area contributed by atoms with Gasteiger partial charge in [0, 0.05) is 35.8 Å². The molecule has 0 aliphatic carbocycles. The van der Waals surface area contributed by atoms with Gasteiger partial charge in [0.1, 0.15) is 6.61 Å². The number of cyclic esters (lactones) is 1. The molecule has 2 heterocycles. The number of rotatable bonds is 4. The van der Waals surface area contributed by atoms with Gasteiger partial charge >= 0.3 is 6.09 Å². The summed E-state index contributed by atoms with van der Waals surface area (Å²) >= 11 is 0. The number of nitrogens with zero attached hydrogens (tertiary/aromatic N) is 2. The van der Waals surface area contributed by atoms with Crippen LogP contribution in [0.4, 0.5) is 10.5 Å². The van der Waals surface area contributed by atoms with Gasteiger partial charge in [-0.3, -0.25) is 14.5 Å². The third-order valence-electron chi connectivity index (χ3n) is 6.28. The second-order valence-electron chi connectivity index (χ2n) is 8.59. The predicted octanol–water partition coefficient (Wildman–Crippen LogP) is 4.38. The molecule has 0 unspecified atom stereocenters. The van der Waals surface area contributed by atoms with Crippen LogP contribution < -0.4 is 4.90 Å². The van der Waals surface area contributed by atoms with Crippen molar-refractivity contribution in [1.82, 2.24) is 4.90 Å². The molecule has 1 atom stereocenters. The van der Waals surface area contributed by atoms with Crippen molar-refractivity contribution in [2.24, 2.45) is 5.92 Å². The van der Waals surface area contributed by atoms with Gasteiger partial charge in [-0.05, 0) is 63.4 Å². The largest absolute Gasteiger partial charge is 0.447 e. The van der Waals surface area contributed by atoms with E-state index in [-0.39, 0.29) is 29.7 Å². The van der Waals surface area contributed by atoms with Crippen molar-refractivity contribution in [3.8, 4) is 0 Å². The molecular formula is C25H28N2O4. The summed E-state index contributed by atoms with van der Waals surface area (Å²) in [6, 6.07) is 13.0. The van der Waals surface area contributed by atoms with Gasteiger partial charge in [-0.15, -0.1) is 0 Å². The smallest absolute Gasteiger partial charge is 0.414 e. The molecule has 0 aromatic heterocycles. The van der Waals surface area contributed by atoms with Gasteiger partial charge in [0.15, 0.2) is 5.78 Å². The molecule has 0 bridgehead atoms. The molecular weight excluding hydrogens is 392 g/mol. The topological polar surface area (TPSA) is 66.9 Å². The number of benzene rings is 2. The Morgan fingerprint density at radius 2 is 1.68 bits per heavy atom. The minimum Gasteiger partial charge on any atom is -0.447 e. The fourth-order valence-electron chi connectivity index (χ4n) is 4.48. The molecule has 2 fully saturated rings. The number of ketones is 1. The molecule has 4 rings (SSSR count). The molecule has 2 aromatic rings. The fraction of sp³-hybridized carbons (Fsp3) is 0.400. The lowest BCUT2D eigenvalue weighted by atomic mass is 9.87. The first-order chi connectivity index (χ1) is 14.8. The van der Waals surface area contributed by atoms with Gasteiger partial charge in [-0.1, -0.05) is 23.8 Å². The summed E-state index contributed by atoms with van der Waals surface area (Å²) in [5.74, 6) is 0.0945. The van der Waals surface area contributed by atoms with E-state index in [0.717, 1.165) is 22.4 Å². The molecule has 0 radical (unpaired) electrons. The van der Waals surface area contributed by atoms with Crippen molar-refractivity contribution >= 4 is 23.5 Å². The SMILES string of the molecule is Cc1ccc(C(=O)C2CCN(C(=O)c3ccc(N4C(=O)OC[C@H]4C)cc3)CC2)c(C)c1. The Balaban J connectivity index is 1.38. The van der Waals surface area contributed by atoms with Crippen molar-refractivity contribution in [1.29, 1.82) is 0 Å². The number of amides is 2. The quantitative estimate of drug-likeness (QED) is 0.689. The minimum absolute atomic E-state index is 0.0252. The van der Waals surface area contributed by atoms with Crippen LogP contribution in [-0.2, 0) is 4.74 Å².